The van der Waals surface area contributed by atoms with E-state index in [1.165, 1.54) is 23.1 Å². The number of carbonyl (C=O) groups excluding carboxylic acids is 2. The second-order valence-corrected chi connectivity index (χ2v) is 5.56. The molecule has 2 N–H and O–H groups in total. The van der Waals surface area contributed by atoms with E-state index in [-0.39, 0.29) is 23.9 Å². The molecular formula is C15H15FN2O4. The van der Waals surface area contributed by atoms with E-state index < -0.39 is 23.7 Å². The van der Waals surface area contributed by atoms with Crippen LogP contribution < -0.4 is 5.32 Å². The summed E-state index contributed by atoms with van der Waals surface area (Å²) >= 11 is 0. The Kier molecular flexibility index (Phi) is 3.56. The lowest BCUT2D eigenvalue weighted by Gasteiger charge is -2.30. The number of rotatable bonds is 2. The Morgan fingerprint density at radius 3 is 2.86 bits per heavy atom. The normalized spacial score (nSPS) is 23.9. The van der Waals surface area contributed by atoms with Crippen molar-refractivity contribution in [3.8, 4) is 0 Å². The molecule has 0 radical (unpaired) electrons. The molecule has 0 saturated carbocycles. The number of hydrogen-bond donors (Lipinski definition) is 2. The molecule has 22 heavy (non-hydrogen) atoms. The Balaban J connectivity index is 1.93. The quantitative estimate of drug-likeness (QED) is 0.863. The second-order valence-electron chi connectivity index (χ2n) is 5.56. The van der Waals surface area contributed by atoms with E-state index in [0.29, 0.717) is 24.9 Å². The van der Waals surface area contributed by atoms with Gasteiger partial charge in [-0.2, -0.15) is 0 Å². The fraction of sp³-hybridized carbons (Fsp3) is 0.400. The number of carboxylic acid groups (broad SMARTS) is 1. The fourth-order valence-electron chi connectivity index (χ4n) is 3.14. The minimum absolute atomic E-state index is 0.0553. The maximum Gasteiger partial charge on any atom is 0.326 e. The minimum atomic E-state index is -1.04. The summed E-state index contributed by atoms with van der Waals surface area (Å²) in [4.78, 5) is 37.0. The van der Waals surface area contributed by atoms with E-state index in [4.69, 9.17) is 0 Å². The Hall–Kier alpha value is -2.44. The smallest absolute Gasteiger partial charge is 0.326 e. The first-order chi connectivity index (χ1) is 10.5. The fourth-order valence-corrected chi connectivity index (χ4v) is 3.14. The third-order valence-electron chi connectivity index (χ3n) is 4.17. The second kappa shape index (κ2) is 5.40. The van der Waals surface area contributed by atoms with Gasteiger partial charge < -0.3 is 15.3 Å². The molecule has 7 heteroatoms. The average Bonchev–Trinajstić information content (AvgIpc) is 2.94. The van der Waals surface area contributed by atoms with Gasteiger partial charge in [-0.25, -0.2) is 9.18 Å². The Bertz CT molecular complexity index is 661. The Morgan fingerprint density at radius 2 is 2.14 bits per heavy atom. The molecule has 2 aliphatic heterocycles. The van der Waals surface area contributed by atoms with Crippen LogP contribution in [0.1, 0.15) is 30.7 Å². The maximum atomic E-state index is 13.3. The average molecular weight is 306 g/mol. The Labute approximate surface area is 125 Å². The number of amides is 2. The lowest BCUT2D eigenvalue weighted by molar-refractivity contribution is -0.149. The molecule has 1 unspecified atom stereocenters. The van der Waals surface area contributed by atoms with Crippen LogP contribution in [0.5, 0.6) is 0 Å². The molecule has 1 saturated heterocycles. The zero-order chi connectivity index (χ0) is 15.9. The first kappa shape index (κ1) is 14.5. The largest absolute Gasteiger partial charge is 0.480 e. The monoisotopic (exact) mass is 306 g/mol. The molecule has 0 aliphatic carbocycles. The molecule has 6 nitrogen and oxygen atoms in total. The van der Waals surface area contributed by atoms with Crippen LogP contribution in [0, 0.1) is 5.82 Å². The van der Waals surface area contributed by atoms with Crippen molar-refractivity contribution in [2.45, 2.75) is 31.2 Å². The zero-order valence-corrected chi connectivity index (χ0v) is 11.7. The summed E-state index contributed by atoms with van der Waals surface area (Å²) < 4.78 is 13.3. The summed E-state index contributed by atoms with van der Waals surface area (Å²) in [6.07, 6.45) is 0.981. The number of carboxylic acids is 1. The third kappa shape index (κ3) is 2.43. The zero-order valence-electron chi connectivity index (χ0n) is 11.7. The lowest BCUT2D eigenvalue weighted by atomic mass is 9.89. The number of anilines is 1. The number of nitrogens with one attached hydrogen (secondary N) is 1. The predicted molar refractivity (Wildman–Crippen MR) is 74.8 cm³/mol. The predicted octanol–water partition coefficient (Wildman–Crippen LogP) is 1.33. The van der Waals surface area contributed by atoms with Crippen molar-refractivity contribution in [2.75, 3.05) is 11.9 Å². The number of benzene rings is 1. The number of aliphatic carboxylic acids is 1. The van der Waals surface area contributed by atoms with E-state index in [0.717, 1.165) is 0 Å². The molecule has 0 spiro atoms. The summed E-state index contributed by atoms with van der Waals surface area (Å²) in [5.74, 6) is -3.05. The number of carbonyl (C=O) groups is 3. The molecule has 1 aromatic rings. The highest BCUT2D eigenvalue weighted by atomic mass is 19.1. The molecule has 1 aromatic carbocycles. The van der Waals surface area contributed by atoms with Crippen molar-refractivity contribution >= 4 is 23.5 Å². The van der Waals surface area contributed by atoms with Crippen LogP contribution in [0.4, 0.5) is 10.1 Å². The molecular weight excluding hydrogens is 291 g/mol. The van der Waals surface area contributed by atoms with Crippen LogP contribution in [0.15, 0.2) is 18.2 Å². The van der Waals surface area contributed by atoms with Crippen LogP contribution in [0.3, 0.4) is 0 Å². The number of nitrogens with zero attached hydrogens (tertiary/aromatic N) is 1. The lowest BCUT2D eigenvalue weighted by Crippen LogP contribution is -2.44. The minimum Gasteiger partial charge on any atom is -0.480 e. The van der Waals surface area contributed by atoms with E-state index in [2.05, 4.69) is 5.32 Å². The number of fused-ring (bicyclic) bond motifs is 1. The summed E-state index contributed by atoms with van der Waals surface area (Å²) in [5, 5.41) is 11.7. The first-order valence-corrected chi connectivity index (χ1v) is 7.10. The number of likely N-dealkylation sites (tertiary alicyclic amines) is 1. The molecule has 2 heterocycles. The topological polar surface area (TPSA) is 86.7 Å². The summed E-state index contributed by atoms with van der Waals surface area (Å²) in [6, 6.07) is 3.03. The van der Waals surface area contributed by atoms with Gasteiger partial charge in [-0.05, 0) is 30.5 Å². The van der Waals surface area contributed by atoms with E-state index in [1.807, 2.05) is 0 Å². The van der Waals surface area contributed by atoms with Crippen molar-refractivity contribution in [1.29, 1.82) is 0 Å². The highest BCUT2D eigenvalue weighted by molar-refractivity contribution is 6.01. The van der Waals surface area contributed by atoms with Crippen LogP contribution in [-0.4, -0.2) is 40.4 Å². The molecule has 116 valence electrons. The van der Waals surface area contributed by atoms with Gasteiger partial charge in [-0.3, -0.25) is 9.59 Å². The van der Waals surface area contributed by atoms with Gasteiger partial charge >= 0.3 is 5.97 Å². The standard InChI is InChI=1S/C15H15FN2O4/c16-8-3-4-9-10(7-13(19)17-11(9)6-8)14(20)18-5-1-2-12(18)15(21)22/h3-4,6,10,12H,1-2,5,7H2,(H,17,19)(H,21,22)/t10?,12-/m1/s1. The van der Waals surface area contributed by atoms with Gasteiger partial charge in [0, 0.05) is 18.7 Å². The molecule has 3 rings (SSSR count). The van der Waals surface area contributed by atoms with Gasteiger partial charge in [-0.1, -0.05) is 6.07 Å². The Morgan fingerprint density at radius 1 is 1.36 bits per heavy atom. The van der Waals surface area contributed by atoms with Crippen molar-refractivity contribution in [1.82, 2.24) is 4.90 Å². The van der Waals surface area contributed by atoms with Gasteiger partial charge in [-0.15, -0.1) is 0 Å². The summed E-state index contributed by atoms with van der Waals surface area (Å²) in [7, 11) is 0. The molecule has 2 aliphatic rings. The van der Waals surface area contributed by atoms with Crippen LogP contribution in [0.25, 0.3) is 0 Å². The maximum absolute atomic E-state index is 13.3. The summed E-state index contributed by atoms with van der Waals surface area (Å²) in [5.41, 5.74) is 0.808. The van der Waals surface area contributed by atoms with Crippen molar-refractivity contribution in [3.05, 3.63) is 29.6 Å². The number of halogens is 1. The van der Waals surface area contributed by atoms with Crippen molar-refractivity contribution in [2.24, 2.45) is 0 Å². The highest BCUT2D eigenvalue weighted by Crippen LogP contribution is 2.35. The summed E-state index contributed by atoms with van der Waals surface area (Å²) in [6.45, 7) is 0.366. The van der Waals surface area contributed by atoms with Crippen LogP contribution in [0.2, 0.25) is 0 Å². The number of hydrogen-bond acceptors (Lipinski definition) is 3. The van der Waals surface area contributed by atoms with Gasteiger partial charge in [0.1, 0.15) is 11.9 Å². The molecule has 0 bridgehead atoms. The van der Waals surface area contributed by atoms with E-state index in [1.54, 1.807) is 0 Å². The molecule has 1 fully saturated rings. The van der Waals surface area contributed by atoms with Gasteiger partial charge in [0.25, 0.3) is 0 Å². The van der Waals surface area contributed by atoms with Crippen LogP contribution in [-0.2, 0) is 14.4 Å². The van der Waals surface area contributed by atoms with Gasteiger partial charge in [0.2, 0.25) is 11.8 Å². The van der Waals surface area contributed by atoms with E-state index in [9.17, 15) is 23.9 Å². The van der Waals surface area contributed by atoms with Gasteiger partial charge in [0.15, 0.2) is 0 Å². The molecule has 0 aromatic heterocycles. The molecule has 2 amide bonds. The van der Waals surface area contributed by atoms with Crippen molar-refractivity contribution < 1.29 is 23.9 Å². The van der Waals surface area contributed by atoms with Crippen molar-refractivity contribution in [3.63, 3.8) is 0 Å². The molecule has 2 atom stereocenters. The highest BCUT2D eigenvalue weighted by Gasteiger charge is 2.40. The SMILES string of the molecule is O=C1CC(C(=O)N2CCC[C@@H]2C(=O)O)c2ccc(F)cc2N1. The third-order valence-corrected chi connectivity index (χ3v) is 4.17. The first-order valence-electron chi connectivity index (χ1n) is 7.10. The van der Waals surface area contributed by atoms with Crippen LogP contribution >= 0.6 is 0 Å². The van der Waals surface area contributed by atoms with E-state index >= 15 is 0 Å². The van der Waals surface area contributed by atoms with Gasteiger partial charge in [0.05, 0.1) is 5.92 Å².